The van der Waals surface area contributed by atoms with E-state index in [-0.39, 0.29) is 74.9 Å². The monoisotopic (exact) mass is 1030 g/mol. The second kappa shape index (κ2) is 28.3. The molecule has 3 fully saturated rings. The van der Waals surface area contributed by atoms with Crippen LogP contribution in [-0.2, 0) is 52.4 Å². The number of piperidine rings is 1. The van der Waals surface area contributed by atoms with Crippen molar-refractivity contribution in [3.63, 3.8) is 0 Å². The SMILES string of the molecule is CO[C@@H]1CC(C[C@@H](C)C2CC(=O)[C@H](C)/C=C(\C)[C@@H](O)[C@@H](OC)C(=O)[C@H](C)C[C@H](C)/C=C/C=C/C=C(\C)[C@@H](OCCOCC(F)(F)F)C[C@@H]3CC[C@@H](C)[C@@](O)(O3)C(=O)C(=O)N3CCCC[C@H]3C(=O)O2)CC[C@H]1O. The first-order valence-electron chi connectivity index (χ1n) is 25.8. The molecule has 0 aromatic rings. The number of aliphatic hydroxyl groups is 3. The molecule has 72 heavy (non-hydrogen) atoms. The van der Waals surface area contributed by atoms with E-state index in [1.54, 1.807) is 72.1 Å². The van der Waals surface area contributed by atoms with E-state index in [0.29, 0.717) is 62.5 Å². The summed E-state index contributed by atoms with van der Waals surface area (Å²) in [5, 5.41) is 34.0. The van der Waals surface area contributed by atoms with E-state index in [2.05, 4.69) is 0 Å². The Morgan fingerprint density at radius 1 is 0.875 bits per heavy atom. The van der Waals surface area contributed by atoms with Gasteiger partial charge in [0, 0.05) is 51.4 Å². The highest BCUT2D eigenvalue weighted by atomic mass is 19.4. The number of nitrogens with zero attached hydrogens (tertiary/aromatic N) is 1. The molecule has 4 aliphatic rings. The van der Waals surface area contributed by atoms with Gasteiger partial charge in [0.05, 0.1) is 37.6 Å². The van der Waals surface area contributed by atoms with Crippen LogP contribution in [0.2, 0.25) is 0 Å². The summed E-state index contributed by atoms with van der Waals surface area (Å²) in [5.74, 6) is -8.98. The maximum atomic E-state index is 14.4. The Hall–Kier alpha value is -3.62. The van der Waals surface area contributed by atoms with Crippen molar-refractivity contribution in [3.05, 3.63) is 47.6 Å². The number of esters is 1. The molecule has 408 valence electrons. The molecule has 3 N–H and O–H groups in total. The van der Waals surface area contributed by atoms with Crippen LogP contribution in [0.15, 0.2) is 47.6 Å². The summed E-state index contributed by atoms with van der Waals surface area (Å²) < 4.78 is 72.7. The number of allylic oxidation sites excluding steroid dienone is 6. The predicted molar refractivity (Wildman–Crippen MR) is 261 cm³/mol. The van der Waals surface area contributed by atoms with Crippen LogP contribution in [0.5, 0.6) is 0 Å². The van der Waals surface area contributed by atoms with Crippen LogP contribution in [0.4, 0.5) is 13.2 Å². The van der Waals surface area contributed by atoms with E-state index in [9.17, 15) is 52.5 Å². The Morgan fingerprint density at radius 2 is 1.60 bits per heavy atom. The zero-order valence-electron chi connectivity index (χ0n) is 43.8. The van der Waals surface area contributed by atoms with Crippen LogP contribution in [0.25, 0.3) is 0 Å². The molecule has 0 aromatic heterocycles. The third-order valence-corrected chi connectivity index (χ3v) is 15.0. The number of carbonyl (C=O) groups excluding carboxylic acids is 5. The number of amides is 1. The third kappa shape index (κ3) is 17.5. The number of fused-ring (bicyclic) bond motifs is 3. The van der Waals surface area contributed by atoms with Crippen molar-refractivity contribution in [2.75, 3.05) is 40.6 Å². The molecule has 0 aromatic carbocycles. The molecular weight excluding hydrogens is 944 g/mol. The highest BCUT2D eigenvalue weighted by molar-refractivity contribution is 6.39. The normalized spacial score (nSPS) is 37.9. The number of carbonyl (C=O) groups is 5. The topological polar surface area (TPSA) is 205 Å². The minimum atomic E-state index is -4.53. The van der Waals surface area contributed by atoms with E-state index in [1.807, 2.05) is 19.9 Å². The average molecular weight is 1030 g/mol. The first kappa shape index (κ1) is 60.9. The lowest BCUT2D eigenvalue weighted by molar-refractivity contribution is -0.266. The fourth-order valence-electron chi connectivity index (χ4n) is 10.5. The van der Waals surface area contributed by atoms with Gasteiger partial charge in [0.15, 0.2) is 5.78 Å². The molecule has 1 aliphatic carbocycles. The van der Waals surface area contributed by atoms with Gasteiger partial charge in [0.2, 0.25) is 5.79 Å². The zero-order chi connectivity index (χ0) is 53.5. The van der Waals surface area contributed by atoms with Crippen LogP contribution >= 0.6 is 0 Å². The van der Waals surface area contributed by atoms with Gasteiger partial charge >= 0.3 is 12.1 Å². The van der Waals surface area contributed by atoms with Gasteiger partial charge < -0.3 is 48.6 Å². The molecule has 15 atom stereocenters. The molecule has 15 nitrogen and oxygen atoms in total. The van der Waals surface area contributed by atoms with Gasteiger partial charge in [-0.1, -0.05) is 71.1 Å². The Morgan fingerprint density at radius 3 is 2.28 bits per heavy atom. The number of halogens is 3. The van der Waals surface area contributed by atoms with E-state index in [1.165, 1.54) is 7.11 Å². The van der Waals surface area contributed by atoms with Crippen molar-refractivity contribution >= 4 is 29.2 Å². The van der Waals surface area contributed by atoms with Crippen molar-refractivity contribution in [2.45, 2.75) is 186 Å². The number of alkyl halides is 3. The van der Waals surface area contributed by atoms with E-state index >= 15 is 0 Å². The predicted octanol–water partition coefficient (Wildman–Crippen LogP) is 7.13. The van der Waals surface area contributed by atoms with Crippen molar-refractivity contribution in [1.82, 2.24) is 4.90 Å². The fourth-order valence-corrected chi connectivity index (χ4v) is 10.5. The van der Waals surface area contributed by atoms with Gasteiger partial charge in [-0.3, -0.25) is 19.2 Å². The first-order chi connectivity index (χ1) is 33.9. The van der Waals surface area contributed by atoms with Gasteiger partial charge in [-0.05, 0) is 107 Å². The Kier molecular flexibility index (Phi) is 24.0. The lowest BCUT2D eigenvalue weighted by atomic mass is 9.78. The molecule has 1 saturated carbocycles. The van der Waals surface area contributed by atoms with E-state index < -0.39 is 103 Å². The van der Waals surface area contributed by atoms with Crippen LogP contribution in [0.1, 0.15) is 126 Å². The molecule has 4 rings (SSSR count). The maximum Gasteiger partial charge on any atom is 0.411 e. The number of aliphatic hydroxyl groups excluding tert-OH is 2. The molecule has 2 unspecified atom stereocenters. The summed E-state index contributed by atoms with van der Waals surface area (Å²) in [6.07, 6.45) is 4.09. The number of rotatable bonds is 10. The summed E-state index contributed by atoms with van der Waals surface area (Å²) in [6.45, 7) is 10.2. The number of cyclic esters (lactones) is 1. The minimum absolute atomic E-state index is 0.00526. The van der Waals surface area contributed by atoms with E-state index in [0.717, 1.165) is 4.90 Å². The van der Waals surface area contributed by atoms with Crippen molar-refractivity contribution in [2.24, 2.45) is 35.5 Å². The van der Waals surface area contributed by atoms with Crippen molar-refractivity contribution < 1.29 is 80.9 Å². The second-order valence-electron chi connectivity index (χ2n) is 20.9. The molecule has 0 radical (unpaired) electrons. The highest BCUT2D eigenvalue weighted by Crippen LogP contribution is 2.38. The third-order valence-electron chi connectivity index (χ3n) is 15.0. The van der Waals surface area contributed by atoms with Crippen molar-refractivity contribution in [1.29, 1.82) is 0 Å². The molecule has 3 aliphatic heterocycles. The largest absolute Gasteiger partial charge is 0.460 e. The molecule has 0 spiro atoms. The molecular formula is C54H82F3NO14. The maximum absolute atomic E-state index is 14.4. The van der Waals surface area contributed by atoms with Gasteiger partial charge in [0.25, 0.3) is 11.7 Å². The van der Waals surface area contributed by atoms with E-state index in [4.69, 9.17) is 28.4 Å². The average Bonchev–Trinajstić information content (AvgIpc) is 3.33. The van der Waals surface area contributed by atoms with Gasteiger partial charge in [-0.25, -0.2) is 4.79 Å². The second-order valence-corrected chi connectivity index (χ2v) is 20.9. The number of Topliss-reactive ketones (excluding diaryl/α,β-unsaturated/α-hetero) is 3. The van der Waals surface area contributed by atoms with Gasteiger partial charge in [-0.2, -0.15) is 13.2 Å². The Labute approximate surface area is 423 Å². The van der Waals surface area contributed by atoms with Crippen LogP contribution in [0.3, 0.4) is 0 Å². The smallest absolute Gasteiger partial charge is 0.411 e. The summed E-state index contributed by atoms with van der Waals surface area (Å²) in [7, 11) is 2.88. The lowest BCUT2D eigenvalue weighted by Gasteiger charge is -2.43. The lowest BCUT2D eigenvalue weighted by Crippen LogP contribution is -2.61. The molecule has 18 heteroatoms. The van der Waals surface area contributed by atoms with Crippen LogP contribution in [-0.4, -0.2) is 151 Å². The number of hydrogen-bond acceptors (Lipinski definition) is 14. The van der Waals surface area contributed by atoms with Crippen LogP contribution in [0, 0.1) is 35.5 Å². The summed E-state index contributed by atoms with van der Waals surface area (Å²) in [4.78, 5) is 72.2. The molecule has 1 amide bonds. The minimum Gasteiger partial charge on any atom is -0.460 e. The summed E-state index contributed by atoms with van der Waals surface area (Å²) >= 11 is 0. The number of ketones is 3. The summed E-state index contributed by atoms with van der Waals surface area (Å²) in [6, 6.07) is -1.23. The van der Waals surface area contributed by atoms with Crippen LogP contribution < -0.4 is 0 Å². The number of hydrogen-bond donors (Lipinski definition) is 3. The van der Waals surface area contributed by atoms with Crippen molar-refractivity contribution in [3.8, 4) is 0 Å². The van der Waals surface area contributed by atoms with Gasteiger partial charge in [0.1, 0.15) is 36.7 Å². The molecule has 3 heterocycles. The fraction of sp³-hybridized carbons (Fsp3) is 0.759. The summed E-state index contributed by atoms with van der Waals surface area (Å²) in [5.41, 5.74) is 0.984. The number of methoxy groups -OCH3 is 2. The first-order valence-corrected chi connectivity index (χ1v) is 25.8. The number of ether oxygens (including phenoxy) is 6. The quantitative estimate of drug-likeness (QED) is 0.0863. The Bertz CT molecular complexity index is 1940. The molecule has 2 bridgehead atoms. The Balaban J connectivity index is 1.71. The van der Waals surface area contributed by atoms with Gasteiger partial charge in [-0.15, -0.1) is 0 Å². The highest BCUT2D eigenvalue weighted by Gasteiger charge is 2.53. The standard InChI is InChI=1S/C54H82F3NO14/c1-32-15-11-10-12-16-33(2)44(70-24-23-69-31-53(55,56)57)29-40-20-18-38(7)54(66,72-40)50(63)51(64)58-22-14-13-17-41(58)52(65)71-45(35(4)27-39-19-21-42(59)46(28-39)67-8)30-43(60)34(3)26-37(6)48(62)49(68-9)47(61)36(5)25-32/h10-12,15-16,26,32,34-36,38-42,44-46,48-49,59,62,66H,13-14,17-25,27-31H2,1-9H3/b12-10+,15-11+,33-16+,37-26+/t32-,34-,35-,36-,38-,39?,40+,41+,42-,44+,45?,46-,48-,49+,54-/m1/s1. The zero-order valence-corrected chi connectivity index (χ0v) is 43.8. The molecule has 2 saturated heterocycles.